The molecule has 2 N–H and O–H groups in total. The molecular formula is C9H14ClN3O2. The summed E-state index contributed by atoms with van der Waals surface area (Å²) in [7, 11) is 1.39. The molecule has 0 bridgehead atoms. The highest BCUT2D eigenvalue weighted by Crippen LogP contribution is 2.10. The first-order valence-electron chi connectivity index (χ1n) is 4.75. The van der Waals surface area contributed by atoms with Gasteiger partial charge in [0.2, 0.25) is 0 Å². The van der Waals surface area contributed by atoms with Crippen LogP contribution in [0, 0.1) is 0 Å². The number of rotatable bonds is 3. The van der Waals surface area contributed by atoms with E-state index in [4.69, 9.17) is 17.3 Å². The molecular weight excluding hydrogens is 218 g/mol. The van der Waals surface area contributed by atoms with Gasteiger partial charge in [-0.1, -0.05) is 24.9 Å². The van der Waals surface area contributed by atoms with Gasteiger partial charge in [-0.05, 0) is 6.42 Å². The molecule has 84 valence electrons. The minimum atomic E-state index is -0.549. The van der Waals surface area contributed by atoms with Crippen molar-refractivity contribution in [3.05, 3.63) is 25.9 Å². The van der Waals surface area contributed by atoms with E-state index < -0.39 is 11.2 Å². The van der Waals surface area contributed by atoms with E-state index in [1.54, 1.807) is 0 Å². The number of nitrogens with two attached hydrogens (primary N) is 1. The molecule has 1 rings (SSSR count). The predicted octanol–water partition coefficient (Wildman–Crippen LogP) is 0.583. The molecule has 0 atom stereocenters. The summed E-state index contributed by atoms with van der Waals surface area (Å²) in [6.07, 6.45) is 1.75. The molecule has 5 nitrogen and oxygen atoms in total. The van der Waals surface area contributed by atoms with Crippen LogP contribution in [0.15, 0.2) is 9.59 Å². The van der Waals surface area contributed by atoms with Crippen LogP contribution in [0.25, 0.3) is 0 Å². The Balaban J connectivity index is 3.39. The number of unbranched alkanes of at least 4 members (excludes halogenated alkanes) is 1. The smallest absolute Gasteiger partial charge is 0.332 e. The Morgan fingerprint density at radius 2 is 2.00 bits per heavy atom. The average Bonchev–Trinajstić information content (AvgIpc) is 2.24. The lowest BCUT2D eigenvalue weighted by atomic mass is 10.3. The van der Waals surface area contributed by atoms with Crippen LogP contribution in [0.3, 0.4) is 0 Å². The highest BCUT2D eigenvalue weighted by atomic mass is 35.5. The summed E-state index contributed by atoms with van der Waals surface area (Å²) in [5, 5.41) is -0.0896. The van der Waals surface area contributed by atoms with E-state index in [2.05, 4.69) is 0 Å². The first-order chi connectivity index (χ1) is 7.00. The molecule has 0 saturated carbocycles. The molecule has 0 unspecified atom stereocenters. The standard InChI is InChI=1S/C9H14ClN3O2/c1-3-4-5-13-7(11)6(10)8(14)12(2)9(13)15/h3-5,11H2,1-2H3. The summed E-state index contributed by atoms with van der Waals surface area (Å²) >= 11 is 5.72. The minimum absolute atomic E-state index is 0.0539. The normalized spacial score (nSPS) is 10.6. The molecule has 0 aliphatic rings. The van der Waals surface area contributed by atoms with E-state index >= 15 is 0 Å². The van der Waals surface area contributed by atoms with Gasteiger partial charge in [-0.3, -0.25) is 13.9 Å². The van der Waals surface area contributed by atoms with E-state index in [0.29, 0.717) is 6.54 Å². The van der Waals surface area contributed by atoms with Crippen LogP contribution in [0.4, 0.5) is 5.82 Å². The zero-order valence-electron chi connectivity index (χ0n) is 8.79. The predicted molar refractivity (Wildman–Crippen MR) is 60.3 cm³/mol. The summed E-state index contributed by atoms with van der Waals surface area (Å²) in [5.74, 6) is 0.0539. The zero-order chi connectivity index (χ0) is 11.6. The maximum atomic E-state index is 11.7. The summed E-state index contributed by atoms with van der Waals surface area (Å²) < 4.78 is 2.29. The van der Waals surface area contributed by atoms with Gasteiger partial charge in [-0.2, -0.15) is 0 Å². The van der Waals surface area contributed by atoms with E-state index in [1.807, 2.05) is 6.92 Å². The molecule has 1 aromatic heterocycles. The third-order valence-corrected chi connectivity index (χ3v) is 2.62. The number of hydrogen-bond donors (Lipinski definition) is 1. The van der Waals surface area contributed by atoms with Crippen molar-refractivity contribution in [2.75, 3.05) is 5.73 Å². The van der Waals surface area contributed by atoms with Gasteiger partial charge in [-0.25, -0.2) is 4.79 Å². The zero-order valence-corrected chi connectivity index (χ0v) is 9.54. The Hall–Kier alpha value is -1.23. The van der Waals surface area contributed by atoms with Crippen molar-refractivity contribution in [3.8, 4) is 0 Å². The second kappa shape index (κ2) is 4.53. The maximum Gasteiger partial charge on any atom is 0.332 e. The van der Waals surface area contributed by atoms with Crippen LogP contribution in [0.1, 0.15) is 19.8 Å². The molecule has 0 spiro atoms. The van der Waals surface area contributed by atoms with Gasteiger partial charge in [0, 0.05) is 13.6 Å². The van der Waals surface area contributed by atoms with Gasteiger partial charge in [0.1, 0.15) is 10.8 Å². The monoisotopic (exact) mass is 231 g/mol. The second-order valence-corrected chi connectivity index (χ2v) is 3.73. The molecule has 1 heterocycles. The van der Waals surface area contributed by atoms with E-state index in [9.17, 15) is 9.59 Å². The highest BCUT2D eigenvalue weighted by Gasteiger charge is 2.12. The molecule has 15 heavy (non-hydrogen) atoms. The maximum absolute atomic E-state index is 11.7. The number of halogens is 1. The Morgan fingerprint density at radius 1 is 1.40 bits per heavy atom. The molecule has 1 aromatic rings. The third-order valence-electron chi connectivity index (χ3n) is 2.26. The quantitative estimate of drug-likeness (QED) is 0.828. The third kappa shape index (κ3) is 2.07. The van der Waals surface area contributed by atoms with Crippen molar-refractivity contribution >= 4 is 17.4 Å². The second-order valence-electron chi connectivity index (χ2n) is 3.35. The van der Waals surface area contributed by atoms with Crippen molar-refractivity contribution < 1.29 is 0 Å². The van der Waals surface area contributed by atoms with Gasteiger partial charge in [0.05, 0.1) is 0 Å². The number of hydrogen-bond acceptors (Lipinski definition) is 3. The van der Waals surface area contributed by atoms with E-state index in [1.165, 1.54) is 11.6 Å². The fourth-order valence-electron chi connectivity index (χ4n) is 1.28. The van der Waals surface area contributed by atoms with Crippen LogP contribution in [0.2, 0.25) is 5.02 Å². The van der Waals surface area contributed by atoms with Gasteiger partial charge in [-0.15, -0.1) is 0 Å². The van der Waals surface area contributed by atoms with Crippen molar-refractivity contribution in [1.29, 1.82) is 0 Å². The summed E-state index contributed by atoms with van der Waals surface area (Å²) in [5.41, 5.74) is 4.64. The Kier molecular flexibility index (Phi) is 3.57. The Bertz CT molecular complexity index is 475. The largest absolute Gasteiger partial charge is 0.384 e. The topological polar surface area (TPSA) is 70.0 Å². The van der Waals surface area contributed by atoms with Gasteiger partial charge >= 0.3 is 5.69 Å². The summed E-state index contributed by atoms with van der Waals surface area (Å²) in [6.45, 7) is 2.49. The fraction of sp³-hybridized carbons (Fsp3) is 0.556. The lowest BCUT2D eigenvalue weighted by Gasteiger charge is -2.11. The lowest BCUT2D eigenvalue weighted by Crippen LogP contribution is -2.39. The number of anilines is 1. The van der Waals surface area contributed by atoms with Crippen molar-refractivity contribution in [3.63, 3.8) is 0 Å². The molecule has 0 fully saturated rings. The van der Waals surface area contributed by atoms with Gasteiger partial charge in [0.15, 0.2) is 0 Å². The minimum Gasteiger partial charge on any atom is -0.384 e. The van der Waals surface area contributed by atoms with Gasteiger partial charge in [0.25, 0.3) is 5.56 Å². The molecule has 0 aromatic carbocycles. The Morgan fingerprint density at radius 3 is 2.53 bits per heavy atom. The van der Waals surface area contributed by atoms with E-state index in [-0.39, 0.29) is 10.8 Å². The first-order valence-corrected chi connectivity index (χ1v) is 5.13. The van der Waals surface area contributed by atoms with Crippen molar-refractivity contribution in [1.82, 2.24) is 9.13 Å². The van der Waals surface area contributed by atoms with Gasteiger partial charge < -0.3 is 5.73 Å². The van der Waals surface area contributed by atoms with Crippen LogP contribution < -0.4 is 17.0 Å². The first kappa shape index (κ1) is 11.8. The summed E-state index contributed by atoms with van der Waals surface area (Å²) in [6, 6.07) is 0. The van der Waals surface area contributed by atoms with E-state index in [0.717, 1.165) is 17.4 Å². The molecule has 0 amide bonds. The summed E-state index contributed by atoms with van der Waals surface area (Å²) in [4.78, 5) is 23.0. The Labute approximate surface area is 92.1 Å². The lowest BCUT2D eigenvalue weighted by molar-refractivity contribution is 0.574. The molecule has 0 saturated heterocycles. The molecule has 0 aliphatic carbocycles. The van der Waals surface area contributed by atoms with Crippen LogP contribution >= 0.6 is 11.6 Å². The fourth-order valence-corrected chi connectivity index (χ4v) is 1.51. The van der Waals surface area contributed by atoms with Crippen molar-refractivity contribution in [2.24, 2.45) is 7.05 Å². The van der Waals surface area contributed by atoms with Crippen molar-refractivity contribution in [2.45, 2.75) is 26.3 Å². The number of nitrogens with zero attached hydrogens (tertiary/aromatic N) is 2. The van der Waals surface area contributed by atoms with Crippen LogP contribution in [-0.4, -0.2) is 9.13 Å². The van der Waals surface area contributed by atoms with Crippen LogP contribution in [0.5, 0.6) is 0 Å². The highest BCUT2D eigenvalue weighted by molar-refractivity contribution is 6.32. The SMILES string of the molecule is CCCCn1c(N)c(Cl)c(=O)n(C)c1=O. The number of nitrogen functional groups attached to an aromatic ring is 1. The molecule has 0 aliphatic heterocycles. The molecule has 6 heteroatoms. The average molecular weight is 232 g/mol. The molecule has 0 radical (unpaired) electrons. The number of aromatic nitrogens is 2. The van der Waals surface area contributed by atoms with Crippen LogP contribution in [-0.2, 0) is 13.6 Å².